The number of rotatable bonds is 6. The van der Waals surface area contributed by atoms with Crippen LogP contribution in [0.1, 0.15) is 27.2 Å². The maximum Gasteiger partial charge on any atom is 0.317 e. The van der Waals surface area contributed by atoms with Crippen molar-refractivity contribution >= 4 is 12.0 Å². The molecule has 0 aliphatic rings. The first-order chi connectivity index (χ1) is 7.78. The molecule has 2 atom stereocenters. The van der Waals surface area contributed by atoms with E-state index in [4.69, 9.17) is 10.2 Å². The van der Waals surface area contributed by atoms with Crippen LogP contribution in [0.15, 0.2) is 0 Å². The molecule has 0 radical (unpaired) electrons. The Morgan fingerprint density at radius 3 is 2.35 bits per heavy atom. The van der Waals surface area contributed by atoms with Gasteiger partial charge >= 0.3 is 12.0 Å². The second-order valence-electron chi connectivity index (χ2n) is 4.52. The zero-order chi connectivity index (χ0) is 13.6. The molecule has 6 nitrogen and oxygen atoms in total. The molecule has 0 saturated carbocycles. The molecular weight excluding hydrogens is 224 g/mol. The summed E-state index contributed by atoms with van der Waals surface area (Å²) in [6.07, 6.45) is 0.432. The second-order valence-corrected chi connectivity index (χ2v) is 4.52. The molecule has 0 aromatic carbocycles. The van der Waals surface area contributed by atoms with Crippen molar-refractivity contribution in [2.45, 2.75) is 33.2 Å². The van der Waals surface area contributed by atoms with Gasteiger partial charge in [0, 0.05) is 13.6 Å². The second kappa shape index (κ2) is 6.44. The number of carbonyl (C=O) groups excluding carboxylic acids is 1. The lowest BCUT2D eigenvalue weighted by atomic mass is 9.88. The maximum absolute atomic E-state index is 11.6. The Kier molecular flexibility index (Phi) is 5.95. The molecule has 100 valence electrons. The fraction of sp³-hybridized carbons (Fsp3) is 0.818. The molecule has 17 heavy (non-hydrogen) atoms. The number of aliphatic hydroxyl groups is 1. The van der Waals surface area contributed by atoms with Crippen LogP contribution in [0.5, 0.6) is 0 Å². The van der Waals surface area contributed by atoms with E-state index in [9.17, 15) is 9.59 Å². The number of urea groups is 1. The van der Waals surface area contributed by atoms with Gasteiger partial charge in [0.1, 0.15) is 0 Å². The third-order valence-corrected chi connectivity index (χ3v) is 3.17. The summed E-state index contributed by atoms with van der Waals surface area (Å²) in [5.74, 6) is -0.932. The van der Waals surface area contributed by atoms with Crippen molar-refractivity contribution in [3.8, 4) is 0 Å². The summed E-state index contributed by atoms with van der Waals surface area (Å²) in [6, 6.07) is -0.680. The lowest BCUT2D eigenvalue weighted by Gasteiger charge is -2.27. The van der Waals surface area contributed by atoms with Crippen molar-refractivity contribution < 1.29 is 19.8 Å². The van der Waals surface area contributed by atoms with Gasteiger partial charge in [-0.05, 0) is 20.3 Å². The highest BCUT2D eigenvalue weighted by Gasteiger charge is 2.32. The Morgan fingerprint density at radius 1 is 1.47 bits per heavy atom. The molecule has 0 aliphatic heterocycles. The molecule has 3 N–H and O–H groups in total. The van der Waals surface area contributed by atoms with E-state index in [2.05, 4.69) is 5.32 Å². The van der Waals surface area contributed by atoms with Crippen LogP contribution in [0.2, 0.25) is 0 Å². The molecule has 2 unspecified atom stereocenters. The summed E-state index contributed by atoms with van der Waals surface area (Å²) < 4.78 is 0. The number of hydrogen-bond donors (Lipinski definition) is 3. The number of nitrogens with zero attached hydrogens (tertiary/aromatic N) is 1. The van der Waals surface area contributed by atoms with Gasteiger partial charge in [0.25, 0.3) is 0 Å². The van der Waals surface area contributed by atoms with Crippen molar-refractivity contribution in [1.29, 1.82) is 0 Å². The number of aliphatic hydroxyl groups excluding tert-OH is 1. The number of aliphatic carboxylic acids is 1. The van der Waals surface area contributed by atoms with E-state index in [1.807, 2.05) is 0 Å². The molecule has 0 spiro atoms. The summed E-state index contributed by atoms with van der Waals surface area (Å²) in [7, 11) is 1.56. The number of nitrogens with one attached hydrogen (secondary N) is 1. The smallest absolute Gasteiger partial charge is 0.317 e. The molecule has 6 heteroatoms. The molecule has 0 saturated heterocycles. The van der Waals surface area contributed by atoms with Gasteiger partial charge < -0.3 is 20.4 Å². The molecular formula is C11H22N2O4. The normalized spacial score (nSPS) is 15.8. The number of likely N-dealkylation sites (N-methyl/N-ethyl adjacent to an activating group) is 1. The van der Waals surface area contributed by atoms with Gasteiger partial charge in [0.15, 0.2) is 0 Å². The summed E-state index contributed by atoms with van der Waals surface area (Å²) in [5, 5.41) is 20.5. The molecule has 2 amide bonds. The minimum atomic E-state index is -0.959. The summed E-state index contributed by atoms with van der Waals surface area (Å²) in [6.45, 7) is 5.00. The number of carbonyl (C=O) groups is 2. The Balaban J connectivity index is 4.37. The average molecular weight is 246 g/mol. The zero-order valence-corrected chi connectivity index (χ0v) is 10.9. The van der Waals surface area contributed by atoms with Gasteiger partial charge in [-0.25, -0.2) is 4.79 Å². The lowest BCUT2D eigenvalue weighted by molar-refractivity contribution is -0.147. The average Bonchev–Trinajstić information content (AvgIpc) is 2.33. The van der Waals surface area contributed by atoms with Crippen LogP contribution < -0.4 is 5.32 Å². The van der Waals surface area contributed by atoms with E-state index in [0.717, 1.165) is 0 Å². The summed E-state index contributed by atoms with van der Waals surface area (Å²) in [4.78, 5) is 24.0. The third kappa shape index (κ3) is 4.22. The largest absolute Gasteiger partial charge is 0.481 e. The minimum absolute atomic E-state index is 0.0696. The molecule has 0 rings (SSSR count). The van der Waals surface area contributed by atoms with Gasteiger partial charge in [-0.2, -0.15) is 0 Å². The predicted octanol–water partition coefficient (Wildman–Crippen LogP) is 0.509. The number of amides is 2. The molecule has 0 aromatic heterocycles. The van der Waals surface area contributed by atoms with Gasteiger partial charge in [-0.1, -0.05) is 6.92 Å². The van der Waals surface area contributed by atoms with Crippen LogP contribution in [0, 0.1) is 5.41 Å². The van der Waals surface area contributed by atoms with E-state index >= 15 is 0 Å². The van der Waals surface area contributed by atoms with Crippen molar-refractivity contribution in [3.63, 3.8) is 0 Å². The van der Waals surface area contributed by atoms with Crippen LogP contribution in [0.25, 0.3) is 0 Å². The quantitative estimate of drug-likeness (QED) is 0.637. The van der Waals surface area contributed by atoms with Gasteiger partial charge in [-0.3, -0.25) is 4.79 Å². The van der Waals surface area contributed by atoms with E-state index in [-0.39, 0.29) is 25.2 Å². The molecule has 0 heterocycles. The van der Waals surface area contributed by atoms with Crippen LogP contribution in [-0.2, 0) is 4.79 Å². The Morgan fingerprint density at radius 2 is 2.00 bits per heavy atom. The van der Waals surface area contributed by atoms with Crippen molar-refractivity contribution in [2.75, 3.05) is 20.2 Å². The fourth-order valence-corrected chi connectivity index (χ4v) is 1.07. The van der Waals surface area contributed by atoms with Gasteiger partial charge in [0.05, 0.1) is 18.1 Å². The first-order valence-corrected chi connectivity index (χ1v) is 5.63. The number of carboxylic acid groups (broad SMARTS) is 1. The Bertz CT molecular complexity index is 283. The Labute approximate surface area is 102 Å². The monoisotopic (exact) mass is 246 g/mol. The van der Waals surface area contributed by atoms with Gasteiger partial charge in [0.2, 0.25) is 0 Å². The molecule has 0 fully saturated rings. The molecule has 0 aliphatic carbocycles. The Hall–Kier alpha value is -1.30. The van der Waals surface area contributed by atoms with Crippen LogP contribution in [0.3, 0.4) is 0 Å². The first kappa shape index (κ1) is 15.7. The van der Waals surface area contributed by atoms with Crippen molar-refractivity contribution in [3.05, 3.63) is 0 Å². The summed E-state index contributed by atoms with van der Waals surface area (Å²) in [5.41, 5.74) is -0.959. The number of carboxylic acids is 1. The standard InChI is InChI=1S/C11H22N2O4/c1-5-11(3,9(15)16)7-12-10(17)13(4)8(2)6-14/h8,14H,5-7H2,1-4H3,(H,12,17)(H,15,16). The van der Waals surface area contributed by atoms with Gasteiger partial charge in [-0.15, -0.1) is 0 Å². The fourth-order valence-electron chi connectivity index (χ4n) is 1.07. The van der Waals surface area contributed by atoms with Crippen LogP contribution in [0.4, 0.5) is 4.79 Å². The van der Waals surface area contributed by atoms with Crippen LogP contribution in [-0.4, -0.2) is 53.4 Å². The minimum Gasteiger partial charge on any atom is -0.481 e. The SMILES string of the molecule is CCC(C)(CNC(=O)N(C)C(C)CO)C(=O)O. The van der Waals surface area contributed by atoms with Crippen molar-refractivity contribution in [2.24, 2.45) is 5.41 Å². The highest BCUT2D eigenvalue weighted by Crippen LogP contribution is 2.19. The zero-order valence-electron chi connectivity index (χ0n) is 10.9. The summed E-state index contributed by atoms with van der Waals surface area (Å²) >= 11 is 0. The number of hydrogen-bond acceptors (Lipinski definition) is 3. The molecule has 0 aromatic rings. The lowest BCUT2D eigenvalue weighted by Crippen LogP contribution is -2.48. The van der Waals surface area contributed by atoms with E-state index in [1.165, 1.54) is 4.90 Å². The van der Waals surface area contributed by atoms with E-state index in [1.54, 1.807) is 27.8 Å². The van der Waals surface area contributed by atoms with E-state index < -0.39 is 11.4 Å². The van der Waals surface area contributed by atoms with Crippen LogP contribution >= 0.6 is 0 Å². The molecule has 0 bridgehead atoms. The third-order valence-electron chi connectivity index (χ3n) is 3.17. The van der Waals surface area contributed by atoms with E-state index in [0.29, 0.717) is 6.42 Å². The highest BCUT2D eigenvalue weighted by atomic mass is 16.4. The van der Waals surface area contributed by atoms with Crippen molar-refractivity contribution in [1.82, 2.24) is 10.2 Å². The first-order valence-electron chi connectivity index (χ1n) is 5.63. The highest BCUT2D eigenvalue weighted by molar-refractivity contribution is 5.77. The predicted molar refractivity (Wildman–Crippen MR) is 63.7 cm³/mol. The topological polar surface area (TPSA) is 89.9 Å². The maximum atomic E-state index is 11.6.